The van der Waals surface area contributed by atoms with Crippen LogP contribution in [0.15, 0.2) is 66.9 Å². The van der Waals surface area contributed by atoms with Gasteiger partial charge in [-0.25, -0.2) is 4.98 Å². The van der Waals surface area contributed by atoms with Gasteiger partial charge in [0.2, 0.25) is 0 Å². The second kappa shape index (κ2) is 9.09. The molecule has 1 fully saturated rings. The number of piperazine rings is 1. The molecule has 4 rings (SSSR count). The number of hydrogen-bond donors (Lipinski definition) is 1. The molecule has 1 aliphatic heterocycles. The van der Waals surface area contributed by atoms with Crippen LogP contribution in [0.4, 0.5) is 5.82 Å². The van der Waals surface area contributed by atoms with E-state index < -0.39 is 0 Å². The Labute approximate surface area is 178 Å². The highest BCUT2D eigenvalue weighted by Crippen LogP contribution is 2.30. The lowest BCUT2D eigenvalue weighted by Crippen LogP contribution is -2.44. The topological polar surface area (TPSA) is 48.5 Å². The summed E-state index contributed by atoms with van der Waals surface area (Å²) in [4.78, 5) is 22.4. The summed E-state index contributed by atoms with van der Waals surface area (Å²) in [5.74, 6) is 0.829. The molecule has 5 nitrogen and oxygen atoms in total. The fraction of sp³-hybridized carbons (Fsp3) is 0.280. The number of amides is 1. The van der Waals surface area contributed by atoms with Crippen LogP contribution in [0.5, 0.6) is 0 Å². The molecular weight excluding hydrogens is 372 g/mol. The summed E-state index contributed by atoms with van der Waals surface area (Å²) in [5, 5.41) is 3.05. The van der Waals surface area contributed by atoms with Gasteiger partial charge in [-0.1, -0.05) is 54.6 Å². The largest absolute Gasteiger partial charge is 0.354 e. The summed E-state index contributed by atoms with van der Waals surface area (Å²) in [6.07, 6.45) is 1.73. The van der Waals surface area contributed by atoms with Gasteiger partial charge in [0.1, 0.15) is 5.82 Å². The Bertz CT molecular complexity index is 1010. The standard InChI is InChI=1S/C25H28N4O/c1-19-8-6-7-11-21(19)22-16-24(29-14-12-28(2)13-15-29)26-18-23(22)25(30)27-17-20-9-4-3-5-10-20/h3-11,16,18H,12-15,17H2,1-2H3,(H,27,30). The van der Waals surface area contributed by atoms with Crippen LogP contribution in [0, 0.1) is 6.92 Å². The summed E-state index contributed by atoms with van der Waals surface area (Å²) in [7, 11) is 2.14. The van der Waals surface area contributed by atoms with Gasteiger partial charge in [0.05, 0.1) is 5.56 Å². The third kappa shape index (κ3) is 4.52. The van der Waals surface area contributed by atoms with E-state index in [-0.39, 0.29) is 5.91 Å². The Hall–Kier alpha value is -3.18. The Morgan fingerprint density at radius 2 is 1.67 bits per heavy atom. The highest BCUT2D eigenvalue weighted by Gasteiger charge is 2.20. The van der Waals surface area contributed by atoms with E-state index in [0.29, 0.717) is 12.1 Å². The van der Waals surface area contributed by atoms with Crippen molar-refractivity contribution in [3.05, 3.63) is 83.6 Å². The smallest absolute Gasteiger partial charge is 0.253 e. The van der Waals surface area contributed by atoms with Crippen LogP contribution in [0.1, 0.15) is 21.5 Å². The number of pyridine rings is 1. The van der Waals surface area contributed by atoms with Gasteiger partial charge in [0, 0.05) is 38.9 Å². The molecule has 154 valence electrons. The predicted octanol–water partition coefficient (Wildman–Crippen LogP) is 3.74. The SMILES string of the molecule is Cc1ccccc1-c1cc(N2CCN(C)CC2)ncc1C(=O)NCc1ccccc1. The highest BCUT2D eigenvalue weighted by atomic mass is 16.1. The first-order chi connectivity index (χ1) is 14.6. The van der Waals surface area contributed by atoms with Crippen LogP contribution in [0.3, 0.4) is 0 Å². The van der Waals surface area contributed by atoms with Crippen molar-refractivity contribution in [2.24, 2.45) is 0 Å². The number of benzene rings is 2. The number of carbonyl (C=O) groups excluding carboxylic acids is 1. The number of rotatable bonds is 5. The molecule has 0 bridgehead atoms. The minimum absolute atomic E-state index is 0.102. The lowest BCUT2D eigenvalue weighted by atomic mass is 9.96. The molecule has 1 aromatic heterocycles. The lowest BCUT2D eigenvalue weighted by Gasteiger charge is -2.33. The first kappa shape index (κ1) is 20.1. The molecule has 3 aromatic rings. The summed E-state index contributed by atoms with van der Waals surface area (Å²) in [5.41, 5.74) is 4.83. The normalized spacial score (nSPS) is 14.5. The van der Waals surface area contributed by atoms with Gasteiger partial charge >= 0.3 is 0 Å². The number of aryl methyl sites for hydroxylation is 1. The second-order valence-corrected chi connectivity index (χ2v) is 7.86. The molecule has 1 saturated heterocycles. The van der Waals surface area contributed by atoms with E-state index in [0.717, 1.165) is 54.3 Å². The third-order valence-electron chi connectivity index (χ3n) is 5.69. The maximum absolute atomic E-state index is 13.1. The van der Waals surface area contributed by atoms with E-state index in [2.05, 4.69) is 52.3 Å². The molecule has 2 aromatic carbocycles. The molecule has 5 heteroatoms. The zero-order valence-corrected chi connectivity index (χ0v) is 17.6. The predicted molar refractivity (Wildman–Crippen MR) is 122 cm³/mol. The minimum atomic E-state index is -0.102. The maximum atomic E-state index is 13.1. The minimum Gasteiger partial charge on any atom is -0.354 e. The van der Waals surface area contributed by atoms with Crippen molar-refractivity contribution in [3.63, 3.8) is 0 Å². The van der Waals surface area contributed by atoms with Crippen molar-refractivity contribution < 1.29 is 4.79 Å². The van der Waals surface area contributed by atoms with Gasteiger partial charge in [-0.3, -0.25) is 4.79 Å². The lowest BCUT2D eigenvalue weighted by molar-refractivity contribution is 0.0951. The molecule has 0 unspecified atom stereocenters. The number of likely N-dealkylation sites (N-methyl/N-ethyl adjacent to an activating group) is 1. The molecular formula is C25H28N4O. The van der Waals surface area contributed by atoms with E-state index in [1.54, 1.807) is 6.20 Å². The van der Waals surface area contributed by atoms with Crippen molar-refractivity contribution in [2.75, 3.05) is 38.1 Å². The number of carbonyl (C=O) groups is 1. The molecule has 1 N–H and O–H groups in total. The van der Waals surface area contributed by atoms with E-state index in [1.165, 1.54) is 0 Å². The molecule has 1 aliphatic rings. The van der Waals surface area contributed by atoms with Crippen molar-refractivity contribution in [2.45, 2.75) is 13.5 Å². The number of nitrogens with one attached hydrogen (secondary N) is 1. The first-order valence-corrected chi connectivity index (χ1v) is 10.4. The Morgan fingerprint density at radius 1 is 0.967 bits per heavy atom. The zero-order chi connectivity index (χ0) is 20.9. The third-order valence-corrected chi connectivity index (χ3v) is 5.69. The first-order valence-electron chi connectivity index (χ1n) is 10.4. The summed E-state index contributed by atoms with van der Waals surface area (Å²) in [6, 6.07) is 20.2. The van der Waals surface area contributed by atoms with Gasteiger partial charge in [-0.15, -0.1) is 0 Å². The maximum Gasteiger partial charge on any atom is 0.253 e. The molecule has 1 amide bonds. The van der Waals surface area contributed by atoms with Gasteiger partial charge in [0.25, 0.3) is 5.91 Å². The van der Waals surface area contributed by atoms with Crippen molar-refractivity contribution >= 4 is 11.7 Å². The van der Waals surface area contributed by atoms with Crippen LogP contribution in [-0.4, -0.2) is 49.0 Å². The molecule has 0 aliphatic carbocycles. The highest BCUT2D eigenvalue weighted by molar-refractivity contribution is 6.01. The van der Waals surface area contributed by atoms with Gasteiger partial charge in [0.15, 0.2) is 0 Å². The number of aromatic nitrogens is 1. The van der Waals surface area contributed by atoms with Crippen molar-refractivity contribution in [1.82, 2.24) is 15.2 Å². The van der Waals surface area contributed by atoms with E-state index in [1.807, 2.05) is 42.5 Å². The van der Waals surface area contributed by atoms with Crippen molar-refractivity contribution in [1.29, 1.82) is 0 Å². The van der Waals surface area contributed by atoms with Gasteiger partial charge < -0.3 is 15.1 Å². The molecule has 0 atom stereocenters. The summed E-state index contributed by atoms with van der Waals surface area (Å²) in [6.45, 7) is 6.48. The second-order valence-electron chi connectivity index (χ2n) is 7.86. The Balaban J connectivity index is 1.65. The fourth-order valence-electron chi connectivity index (χ4n) is 3.81. The molecule has 30 heavy (non-hydrogen) atoms. The number of anilines is 1. The summed E-state index contributed by atoms with van der Waals surface area (Å²) >= 11 is 0. The van der Waals surface area contributed by atoms with E-state index in [4.69, 9.17) is 0 Å². The van der Waals surface area contributed by atoms with Crippen LogP contribution in [0.25, 0.3) is 11.1 Å². The van der Waals surface area contributed by atoms with E-state index >= 15 is 0 Å². The van der Waals surface area contributed by atoms with Crippen LogP contribution >= 0.6 is 0 Å². The Morgan fingerprint density at radius 3 is 2.40 bits per heavy atom. The van der Waals surface area contributed by atoms with Crippen LogP contribution in [0.2, 0.25) is 0 Å². The monoisotopic (exact) mass is 400 g/mol. The number of nitrogens with zero attached hydrogens (tertiary/aromatic N) is 3. The molecule has 0 saturated carbocycles. The molecule has 0 spiro atoms. The van der Waals surface area contributed by atoms with Gasteiger partial charge in [-0.05, 0) is 42.3 Å². The average Bonchev–Trinajstić information content (AvgIpc) is 2.79. The van der Waals surface area contributed by atoms with Crippen molar-refractivity contribution in [3.8, 4) is 11.1 Å². The quantitative estimate of drug-likeness (QED) is 0.709. The molecule has 0 radical (unpaired) electrons. The van der Waals surface area contributed by atoms with Crippen LogP contribution in [-0.2, 0) is 6.54 Å². The summed E-state index contributed by atoms with van der Waals surface area (Å²) < 4.78 is 0. The molecule has 2 heterocycles. The van der Waals surface area contributed by atoms with E-state index in [9.17, 15) is 4.79 Å². The zero-order valence-electron chi connectivity index (χ0n) is 17.6. The number of hydrogen-bond acceptors (Lipinski definition) is 4. The average molecular weight is 401 g/mol. The fourth-order valence-corrected chi connectivity index (χ4v) is 3.81. The van der Waals surface area contributed by atoms with Gasteiger partial charge in [-0.2, -0.15) is 0 Å². The Kier molecular flexibility index (Phi) is 6.10. The van der Waals surface area contributed by atoms with Crippen LogP contribution < -0.4 is 10.2 Å².